The van der Waals surface area contributed by atoms with Gasteiger partial charge in [-0.05, 0) is 25.5 Å². The first kappa shape index (κ1) is 14.9. The summed E-state index contributed by atoms with van der Waals surface area (Å²) in [7, 11) is 0. The molecule has 0 spiro atoms. The van der Waals surface area contributed by atoms with Crippen LogP contribution in [0.3, 0.4) is 0 Å². The SMILES string of the molecule is CCOC(=O)c1ccc(C#N)c(OC(F)F)c1CC. The first-order valence-electron chi connectivity index (χ1n) is 5.73. The molecule has 0 aliphatic heterocycles. The summed E-state index contributed by atoms with van der Waals surface area (Å²) in [6, 6.07) is 4.41. The van der Waals surface area contributed by atoms with Gasteiger partial charge < -0.3 is 9.47 Å². The third-order valence-corrected chi connectivity index (χ3v) is 2.44. The lowest BCUT2D eigenvalue weighted by atomic mass is 10.0. The zero-order valence-corrected chi connectivity index (χ0v) is 10.6. The van der Waals surface area contributed by atoms with Crippen molar-refractivity contribution < 1.29 is 23.0 Å². The molecule has 19 heavy (non-hydrogen) atoms. The third-order valence-electron chi connectivity index (χ3n) is 2.44. The fourth-order valence-corrected chi connectivity index (χ4v) is 1.69. The lowest BCUT2D eigenvalue weighted by Gasteiger charge is -2.14. The Hall–Kier alpha value is -2.16. The number of ether oxygens (including phenoxy) is 2. The normalized spacial score (nSPS) is 10.1. The standard InChI is InChI=1S/C13H13F2NO3/c1-3-9-10(12(17)18-4-2)6-5-8(7-16)11(9)19-13(14)15/h5-6,13H,3-4H2,1-2H3. The number of nitrogens with zero attached hydrogens (tertiary/aromatic N) is 1. The fourth-order valence-electron chi connectivity index (χ4n) is 1.69. The lowest BCUT2D eigenvalue weighted by Crippen LogP contribution is -2.12. The molecule has 6 heteroatoms. The average Bonchev–Trinajstić information content (AvgIpc) is 2.37. The Kier molecular flexibility index (Phi) is 5.24. The molecule has 0 bridgehead atoms. The van der Waals surface area contributed by atoms with Gasteiger partial charge in [0.05, 0.1) is 17.7 Å². The van der Waals surface area contributed by atoms with Crippen molar-refractivity contribution in [1.29, 1.82) is 5.26 Å². The molecule has 1 aromatic rings. The van der Waals surface area contributed by atoms with Crippen molar-refractivity contribution in [3.05, 3.63) is 28.8 Å². The van der Waals surface area contributed by atoms with Crippen LogP contribution in [0, 0.1) is 11.3 Å². The molecule has 1 aromatic carbocycles. The van der Waals surface area contributed by atoms with Gasteiger partial charge in [0.2, 0.25) is 0 Å². The van der Waals surface area contributed by atoms with E-state index >= 15 is 0 Å². The summed E-state index contributed by atoms with van der Waals surface area (Å²) >= 11 is 0. The van der Waals surface area contributed by atoms with Gasteiger partial charge in [-0.2, -0.15) is 14.0 Å². The minimum Gasteiger partial charge on any atom is -0.462 e. The topological polar surface area (TPSA) is 59.3 Å². The van der Waals surface area contributed by atoms with Gasteiger partial charge >= 0.3 is 12.6 Å². The van der Waals surface area contributed by atoms with Gasteiger partial charge in [-0.15, -0.1) is 0 Å². The van der Waals surface area contributed by atoms with Crippen LogP contribution in [0.15, 0.2) is 12.1 Å². The number of rotatable bonds is 5. The Morgan fingerprint density at radius 3 is 2.58 bits per heavy atom. The number of nitriles is 1. The Bertz CT molecular complexity index is 509. The first-order chi connectivity index (χ1) is 9.04. The highest BCUT2D eigenvalue weighted by atomic mass is 19.3. The van der Waals surface area contributed by atoms with E-state index in [4.69, 9.17) is 10.00 Å². The van der Waals surface area contributed by atoms with E-state index in [0.29, 0.717) is 0 Å². The molecule has 0 fully saturated rings. The summed E-state index contributed by atoms with van der Waals surface area (Å²) in [4.78, 5) is 11.7. The van der Waals surface area contributed by atoms with Crippen molar-refractivity contribution in [2.24, 2.45) is 0 Å². The van der Waals surface area contributed by atoms with Crippen LogP contribution >= 0.6 is 0 Å². The molecule has 0 saturated carbocycles. The smallest absolute Gasteiger partial charge is 0.387 e. The molecule has 0 amide bonds. The predicted octanol–water partition coefficient (Wildman–Crippen LogP) is 2.90. The second-order valence-electron chi connectivity index (χ2n) is 3.53. The van der Waals surface area contributed by atoms with E-state index < -0.39 is 12.6 Å². The van der Waals surface area contributed by atoms with E-state index in [1.165, 1.54) is 12.1 Å². The number of benzene rings is 1. The maximum Gasteiger partial charge on any atom is 0.387 e. The summed E-state index contributed by atoms with van der Waals surface area (Å²) in [5.41, 5.74) is 0.349. The molecule has 0 N–H and O–H groups in total. The molecule has 102 valence electrons. The maximum absolute atomic E-state index is 12.4. The van der Waals surface area contributed by atoms with Gasteiger partial charge in [-0.25, -0.2) is 4.79 Å². The molecule has 0 aliphatic carbocycles. The van der Waals surface area contributed by atoms with Crippen LogP contribution in [0.2, 0.25) is 0 Å². The molecule has 0 unspecified atom stereocenters. The van der Waals surface area contributed by atoms with E-state index in [2.05, 4.69) is 4.74 Å². The summed E-state index contributed by atoms with van der Waals surface area (Å²) < 4.78 is 34.0. The van der Waals surface area contributed by atoms with E-state index in [1.807, 2.05) is 0 Å². The van der Waals surface area contributed by atoms with Crippen molar-refractivity contribution in [3.8, 4) is 11.8 Å². The lowest BCUT2D eigenvalue weighted by molar-refractivity contribution is -0.0507. The summed E-state index contributed by atoms with van der Waals surface area (Å²) in [6.07, 6.45) is 0.270. The largest absolute Gasteiger partial charge is 0.462 e. The quantitative estimate of drug-likeness (QED) is 0.771. The van der Waals surface area contributed by atoms with Gasteiger partial charge in [-0.1, -0.05) is 6.92 Å². The van der Waals surface area contributed by atoms with E-state index in [0.717, 1.165) is 0 Å². The number of alkyl halides is 2. The van der Waals surface area contributed by atoms with E-state index in [-0.39, 0.29) is 35.5 Å². The monoisotopic (exact) mass is 269 g/mol. The van der Waals surface area contributed by atoms with Gasteiger partial charge in [-0.3, -0.25) is 0 Å². The number of hydrogen-bond donors (Lipinski definition) is 0. The van der Waals surface area contributed by atoms with Gasteiger partial charge in [0.15, 0.2) is 0 Å². The van der Waals surface area contributed by atoms with Crippen LogP contribution in [0.4, 0.5) is 8.78 Å². The van der Waals surface area contributed by atoms with Gasteiger partial charge in [0.25, 0.3) is 0 Å². The molecule has 4 nitrogen and oxygen atoms in total. The highest BCUT2D eigenvalue weighted by Gasteiger charge is 2.21. The Morgan fingerprint density at radius 1 is 1.42 bits per heavy atom. The molecule has 0 atom stereocenters. The van der Waals surface area contributed by atoms with Crippen LogP contribution in [0.5, 0.6) is 5.75 Å². The highest BCUT2D eigenvalue weighted by Crippen LogP contribution is 2.29. The fraction of sp³-hybridized carbons (Fsp3) is 0.385. The molecular formula is C13H13F2NO3. The number of carbonyl (C=O) groups is 1. The Balaban J connectivity index is 3.36. The van der Waals surface area contributed by atoms with E-state index in [9.17, 15) is 13.6 Å². The Labute approximate surface area is 109 Å². The zero-order chi connectivity index (χ0) is 14.4. The molecule has 1 rings (SSSR count). The van der Waals surface area contributed by atoms with Crippen LogP contribution in [-0.4, -0.2) is 19.2 Å². The second-order valence-corrected chi connectivity index (χ2v) is 3.53. The van der Waals surface area contributed by atoms with Crippen LogP contribution < -0.4 is 4.74 Å². The summed E-state index contributed by atoms with van der Waals surface area (Å²) in [5.74, 6) is -0.881. The Morgan fingerprint density at radius 2 is 2.11 bits per heavy atom. The van der Waals surface area contributed by atoms with Crippen molar-refractivity contribution in [2.45, 2.75) is 26.9 Å². The average molecular weight is 269 g/mol. The number of halogens is 2. The third kappa shape index (κ3) is 3.41. The first-order valence-corrected chi connectivity index (χ1v) is 5.73. The minimum atomic E-state index is -3.06. The molecule has 0 saturated heterocycles. The van der Waals surface area contributed by atoms with E-state index in [1.54, 1.807) is 19.9 Å². The van der Waals surface area contributed by atoms with Crippen LogP contribution in [-0.2, 0) is 11.2 Å². The summed E-state index contributed by atoms with van der Waals surface area (Å²) in [6.45, 7) is 0.434. The maximum atomic E-state index is 12.4. The number of carbonyl (C=O) groups excluding carboxylic acids is 1. The van der Waals surface area contributed by atoms with Gasteiger partial charge in [0, 0.05) is 5.56 Å². The molecule has 0 aromatic heterocycles. The van der Waals surface area contributed by atoms with Crippen molar-refractivity contribution in [1.82, 2.24) is 0 Å². The van der Waals surface area contributed by atoms with Gasteiger partial charge in [0.1, 0.15) is 11.8 Å². The predicted molar refractivity (Wildman–Crippen MR) is 63.1 cm³/mol. The van der Waals surface area contributed by atoms with Crippen LogP contribution in [0.1, 0.15) is 35.3 Å². The minimum absolute atomic E-state index is 0.0369. The van der Waals surface area contributed by atoms with Crippen LogP contribution in [0.25, 0.3) is 0 Å². The van der Waals surface area contributed by atoms with Crippen molar-refractivity contribution in [2.75, 3.05) is 6.61 Å². The number of esters is 1. The molecule has 0 radical (unpaired) electrons. The summed E-state index contributed by atoms with van der Waals surface area (Å²) in [5, 5.41) is 8.89. The second kappa shape index (κ2) is 6.69. The number of hydrogen-bond acceptors (Lipinski definition) is 4. The molecular weight excluding hydrogens is 256 g/mol. The van der Waals surface area contributed by atoms with Crippen molar-refractivity contribution >= 4 is 5.97 Å². The molecule has 0 heterocycles. The highest BCUT2D eigenvalue weighted by molar-refractivity contribution is 5.92. The molecule has 0 aliphatic rings. The zero-order valence-electron chi connectivity index (χ0n) is 10.6. The van der Waals surface area contributed by atoms with Crippen molar-refractivity contribution in [3.63, 3.8) is 0 Å².